The highest BCUT2D eigenvalue weighted by Gasteiger charge is 2.24. The number of nitrogens with one attached hydrogen (secondary N) is 2. The van der Waals surface area contributed by atoms with E-state index in [2.05, 4.69) is 22.5 Å². The molecule has 1 rings (SSSR count). The lowest BCUT2D eigenvalue weighted by molar-refractivity contribution is -0.136. The van der Waals surface area contributed by atoms with E-state index in [0.717, 1.165) is 45.3 Å². The van der Waals surface area contributed by atoms with Crippen LogP contribution in [0, 0.1) is 0 Å². The van der Waals surface area contributed by atoms with Crippen molar-refractivity contribution < 1.29 is 9.59 Å². The first kappa shape index (κ1) is 22.1. The van der Waals surface area contributed by atoms with Gasteiger partial charge in [-0.3, -0.25) is 14.5 Å². The average molecular weight is 349 g/mol. The fraction of sp³-hybridized carbons (Fsp3) is 0.875. The van der Waals surface area contributed by atoms with Gasteiger partial charge in [0.1, 0.15) is 0 Å². The minimum absolute atomic E-state index is 0. The Morgan fingerprint density at radius 3 is 2.35 bits per heavy atom. The van der Waals surface area contributed by atoms with E-state index < -0.39 is 0 Å². The molecule has 1 heterocycles. The molecular formula is C16H33ClN4O2. The molecule has 0 bridgehead atoms. The van der Waals surface area contributed by atoms with Crippen molar-refractivity contribution in [2.75, 3.05) is 46.3 Å². The van der Waals surface area contributed by atoms with Crippen LogP contribution in [0.2, 0.25) is 0 Å². The molecule has 0 radical (unpaired) electrons. The van der Waals surface area contributed by atoms with Crippen LogP contribution in [-0.2, 0) is 9.59 Å². The Labute approximate surface area is 146 Å². The molecule has 2 amide bonds. The highest BCUT2D eigenvalue weighted by Crippen LogP contribution is 2.12. The number of likely N-dealkylation sites (N-methyl/N-ethyl adjacent to an activating group) is 1. The van der Waals surface area contributed by atoms with E-state index >= 15 is 0 Å². The lowest BCUT2D eigenvalue weighted by Gasteiger charge is -2.34. The summed E-state index contributed by atoms with van der Waals surface area (Å²) < 4.78 is 0. The second-order valence-electron chi connectivity index (χ2n) is 6.05. The quantitative estimate of drug-likeness (QED) is 0.648. The van der Waals surface area contributed by atoms with Crippen LogP contribution in [0.1, 0.15) is 39.5 Å². The van der Waals surface area contributed by atoms with Crippen molar-refractivity contribution in [2.24, 2.45) is 0 Å². The van der Waals surface area contributed by atoms with Gasteiger partial charge in [0, 0.05) is 19.6 Å². The zero-order valence-corrected chi connectivity index (χ0v) is 15.6. The van der Waals surface area contributed by atoms with Gasteiger partial charge in [-0.15, -0.1) is 12.4 Å². The van der Waals surface area contributed by atoms with Gasteiger partial charge in [-0.1, -0.05) is 13.8 Å². The fourth-order valence-corrected chi connectivity index (χ4v) is 2.77. The molecule has 7 heteroatoms. The Balaban J connectivity index is 0.00000484. The molecule has 1 aliphatic rings. The standard InChI is InChI=1S/C16H32N4O2.ClH/c1-4-8-18-15(21)12-19(3)16(22)13-20(11-5-2)14-6-9-17-10-7-14;/h14,17H,4-13H2,1-3H3,(H,18,21);1H. The zero-order chi connectivity index (χ0) is 16.4. The molecule has 6 nitrogen and oxygen atoms in total. The average Bonchev–Trinajstić information content (AvgIpc) is 2.53. The van der Waals surface area contributed by atoms with E-state index in [0.29, 0.717) is 19.1 Å². The smallest absolute Gasteiger partial charge is 0.239 e. The second kappa shape index (κ2) is 12.6. The lowest BCUT2D eigenvalue weighted by Crippen LogP contribution is -2.49. The molecule has 2 N–H and O–H groups in total. The summed E-state index contributed by atoms with van der Waals surface area (Å²) in [6.07, 6.45) is 4.13. The third-order valence-corrected chi connectivity index (χ3v) is 4.05. The molecule has 0 aliphatic carbocycles. The Hall–Kier alpha value is -0.850. The van der Waals surface area contributed by atoms with E-state index in [1.807, 2.05) is 6.92 Å². The Kier molecular flexibility index (Phi) is 12.1. The summed E-state index contributed by atoms with van der Waals surface area (Å²) in [6, 6.07) is 0.479. The molecule has 1 fully saturated rings. The van der Waals surface area contributed by atoms with Gasteiger partial charge in [0.25, 0.3) is 0 Å². The summed E-state index contributed by atoms with van der Waals surface area (Å²) in [5.74, 6) is -0.0553. The summed E-state index contributed by atoms with van der Waals surface area (Å²) in [5.41, 5.74) is 0. The molecule has 0 saturated carbocycles. The van der Waals surface area contributed by atoms with Gasteiger partial charge in [-0.25, -0.2) is 0 Å². The molecule has 0 aromatic rings. The minimum atomic E-state index is -0.0818. The van der Waals surface area contributed by atoms with E-state index in [1.165, 1.54) is 4.90 Å². The summed E-state index contributed by atoms with van der Waals surface area (Å²) in [7, 11) is 1.71. The van der Waals surface area contributed by atoms with Gasteiger partial charge in [-0.2, -0.15) is 0 Å². The number of rotatable bonds is 9. The minimum Gasteiger partial charge on any atom is -0.355 e. The first-order chi connectivity index (χ1) is 10.6. The molecule has 0 spiro atoms. The van der Waals surface area contributed by atoms with Crippen LogP contribution in [0.15, 0.2) is 0 Å². The number of hydrogen-bond donors (Lipinski definition) is 2. The summed E-state index contributed by atoms with van der Waals surface area (Å²) >= 11 is 0. The van der Waals surface area contributed by atoms with Crippen molar-refractivity contribution in [3.63, 3.8) is 0 Å². The largest absolute Gasteiger partial charge is 0.355 e. The number of carbonyl (C=O) groups excluding carboxylic acids is 2. The number of hydrogen-bond acceptors (Lipinski definition) is 4. The maximum absolute atomic E-state index is 12.4. The Morgan fingerprint density at radius 2 is 1.78 bits per heavy atom. The molecule has 0 atom stereocenters. The molecule has 0 aromatic carbocycles. The highest BCUT2D eigenvalue weighted by molar-refractivity contribution is 5.85. The van der Waals surface area contributed by atoms with E-state index in [9.17, 15) is 9.59 Å². The van der Waals surface area contributed by atoms with Crippen LogP contribution in [0.4, 0.5) is 0 Å². The molecule has 1 aliphatic heterocycles. The summed E-state index contributed by atoms with van der Waals surface area (Å²) in [4.78, 5) is 27.9. The highest BCUT2D eigenvalue weighted by atomic mass is 35.5. The summed E-state index contributed by atoms with van der Waals surface area (Å²) in [6.45, 7) is 8.35. The van der Waals surface area contributed by atoms with Crippen molar-refractivity contribution in [3.05, 3.63) is 0 Å². The number of amides is 2. The van der Waals surface area contributed by atoms with Gasteiger partial charge in [0.2, 0.25) is 11.8 Å². The number of nitrogens with zero attached hydrogens (tertiary/aromatic N) is 2. The predicted molar refractivity (Wildman–Crippen MR) is 95.9 cm³/mol. The number of piperidine rings is 1. The van der Waals surface area contributed by atoms with Gasteiger partial charge in [-0.05, 0) is 45.3 Å². The van der Waals surface area contributed by atoms with E-state index in [4.69, 9.17) is 0 Å². The van der Waals surface area contributed by atoms with Crippen molar-refractivity contribution in [3.8, 4) is 0 Å². The van der Waals surface area contributed by atoms with Gasteiger partial charge in [0.15, 0.2) is 0 Å². The van der Waals surface area contributed by atoms with Crippen molar-refractivity contribution in [2.45, 2.75) is 45.6 Å². The van der Waals surface area contributed by atoms with Crippen LogP contribution in [0.25, 0.3) is 0 Å². The predicted octanol–water partition coefficient (Wildman–Crippen LogP) is 0.857. The van der Waals surface area contributed by atoms with Gasteiger partial charge >= 0.3 is 0 Å². The topological polar surface area (TPSA) is 64.7 Å². The third-order valence-electron chi connectivity index (χ3n) is 4.05. The molecular weight excluding hydrogens is 316 g/mol. The molecule has 1 saturated heterocycles. The van der Waals surface area contributed by atoms with Gasteiger partial charge < -0.3 is 15.5 Å². The van der Waals surface area contributed by atoms with Crippen molar-refractivity contribution in [1.82, 2.24) is 20.4 Å². The second-order valence-corrected chi connectivity index (χ2v) is 6.05. The van der Waals surface area contributed by atoms with E-state index in [-0.39, 0.29) is 30.8 Å². The van der Waals surface area contributed by atoms with Crippen LogP contribution < -0.4 is 10.6 Å². The maximum atomic E-state index is 12.4. The third kappa shape index (κ3) is 8.53. The first-order valence-electron chi connectivity index (χ1n) is 8.53. The zero-order valence-electron chi connectivity index (χ0n) is 14.8. The number of halogens is 1. The van der Waals surface area contributed by atoms with Crippen LogP contribution in [0.5, 0.6) is 0 Å². The summed E-state index contributed by atoms with van der Waals surface area (Å²) in [5, 5.41) is 6.16. The van der Waals surface area contributed by atoms with Crippen LogP contribution >= 0.6 is 12.4 Å². The van der Waals surface area contributed by atoms with Gasteiger partial charge in [0.05, 0.1) is 13.1 Å². The maximum Gasteiger partial charge on any atom is 0.239 e. The van der Waals surface area contributed by atoms with Crippen LogP contribution in [-0.4, -0.2) is 74.0 Å². The SMILES string of the molecule is CCCNC(=O)CN(C)C(=O)CN(CCC)C1CCNCC1.Cl. The normalized spacial score (nSPS) is 15.1. The monoisotopic (exact) mass is 348 g/mol. The van der Waals surface area contributed by atoms with Crippen molar-refractivity contribution >= 4 is 24.2 Å². The molecule has 23 heavy (non-hydrogen) atoms. The molecule has 0 aromatic heterocycles. The fourth-order valence-electron chi connectivity index (χ4n) is 2.77. The van der Waals surface area contributed by atoms with E-state index in [1.54, 1.807) is 7.05 Å². The Morgan fingerprint density at radius 1 is 1.13 bits per heavy atom. The molecule has 0 unspecified atom stereocenters. The Bertz CT molecular complexity index is 349. The number of carbonyl (C=O) groups is 2. The van der Waals surface area contributed by atoms with Crippen molar-refractivity contribution in [1.29, 1.82) is 0 Å². The molecule has 136 valence electrons. The lowest BCUT2D eigenvalue weighted by atomic mass is 10.0. The van der Waals surface area contributed by atoms with Crippen LogP contribution in [0.3, 0.4) is 0 Å². The first-order valence-corrected chi connectivity index (χ1v) is 8.53.